The Hall–Kier alpha value is -1.39. The third-order valence-electron chi connectivity index (χ3n) is 2.01. The highest BCUT2D eigenvalue weighted by atomic mass is 16.5. The molecule has 0 saturated carbocycles. The molecule has 0 spiro atoms. The molecule has 1 amide bonds. The lowest BCUT2D eigenvalue weighted by Gasteiger charge is -2.18. The van der Waals surface area contributed by atoms with E-state index in [0.29, 0.717) is 18.8 Å². The van der Waals surface area contributed by atoms with Crippen molar-refractivity contribution in [1.29, 1.82) is 0 Å². The highest BCUT2D eigenvalue weighted by molar-refractivity contribution is 5.94. The van der Waals surface area contributed by atoms with E-state index in [9.17, 15) is 4.79 Å². The van der Waals surface area contributed by atoms with E-state index < -0.39 is 5.91 Å². The van der Waals surface area contributed by atoms with Gasteiger partial charge in [-0.2, -0.15) is 0 Å². The van der Waals surface area contributed by atoms with E-state index in [0.717, 1.165) is 5.56 Å². The molecule has 0 aromatic heterocycles. The van der Waals surface area contributed by atoms with E-state index in [-0.39, 0.29) is 5.54 Å². The van der Waals surface area contributed by atoms with E-state index in [4.69, 9.17) is 16.2 Å². The fraction of sp³-hybridized carbons (Fsp3) is 0.417. The minimum atomic E-state index is -0.439. The summed E-state index contributed by atoms with van der Waals surface area (Å²) in [6.07, 6.45) is 0. The zero-order valence-corrected chi connectivity index (χ0v) is 9.69. The molecule has 0 aliphatic heterocycles. The van der Waals surface area contributed by atoms with Crippen LogP contribution in [0.2, 0.25) is 0 Å². The van der Waals surface area contributed by atoms with Crippen LogP contribution in [-0.2, 0) is 11.3 Å². The summed E-state index contributed by atoms with van der Waals surface area (Å²) >= 11 is 0. The topological polar surface area (TPSA) is 78.3 Å². The molecule has 16 heavy (non-hydrogen) atoms. The van der Waals surface area contributed by atoms with Gasteiger partial charge in [0, 0.05) is 11.1 Å². The maximum Gasteiger partial charge on any atom is 0.249 e. The first kappa shape index (κ1) is 12.7. The number of amides is 1. The summed E-state index contributed by atoms with van der Waals surface area (Å²) in [6.45, 7) is 4.54. The highest BCUT2D eigenvalue weighted by Crippen LogP contribution is 2.10. The molecule has 88 valence electrons. The summed E-state index contributed by atoms with van der Waals surface area (Å²) in [7, 11) is 0. The van der Waals surface area contributed by atoms with Gasteiger partial charge in [0.1, 0.15) is 0 Å². The molecule has 1 rings (SSSR count). The first-order chi connectivity index (χ1) is 7.40. The fourth-order valence-electron chi connectivity index (χ4n) is 1.31. The molecule has 0 saturated heterocycles. The van der Waals surface area contributed by atoms with E-state index in [1.807, 2.05) is 26.0 Å². The monoisotopic (exact) mass is 222 g/mol. The number of carbonyl (C=O) groups excluding carboxylic acids is 1. The molecule has 0 heterocycles. The molecule has 1 aromatic carbocycles. The number of ether oxygens (including phenoxy) is 1. The van der Waals surface area contributed by atoms with Crippen molar-refractivity contribution in [3.05, 3.63) is 35.4 Å². The molecule has 0 atom stereocenters. The zero-order valence-electron chi connectivity index (χ0n) is 9.69. The van der Waals surface area contributed by atoms with E-state index in [1.165, 1.54) is 0 Å². The second kappa shape index (κ2) is 5.09. The summed E-state index contributed by atoms with van der Waals surface area (Å²) in [5.74, 6) is -0.439. The van der Waals surface area contributed by atoms with Gasteiger partial charge in [0.15, 0.2) is 0 Å². The first-order valence-electron chi connectivity index (χ1n) is 5.14. The van der Waals surface area contributed by atoms with Gasteiger partial charge in [-0.15, -0.1) is 0 Å². The highest BCUT2D eigenvalue weighted by Gasteiger charge is 2.12. The Kier molecular flexibility index (Phi) is 4.04. The van der Waals surface area contributed by atoms with Crippen LogP contribution in [0.1, 0.15) is 29.8 Å². The number of carbonyl (C=O) groups is 1. The second-order valence-electron chi connectivity index (χ2n) is 4.50. The predicted octanol–water partition coefficient (Wildman–Crippen LogP) is 1.04. The Balaban J connectivity index is 2.64. The van der Waals surface area contributed by atoms with Crippen LogP contribution in [0.15, 0.2) is 24.3 Å². The molecule has 4 nitrogen and oxygen atoms in total. The fourth-order valence-corrected chi connectivity index (χ4v) is 1.31. The lowest BCUT2D eigenvalue weighted by atomic mass is 10.1. The van der Waals surface area contributed by atoms with E-state index in [1.54, 1.807) is 12.1 Å². The average molecular weight is 222 g/mol. The number of nitrogens with two attached hydrogens (primary N) is 2. The van der Waals surface area contributed by atoms with Gasteiger partial charge in [-0.3, -0.25) is 4.79 Å². The van der Waals surface area contributed by atoms with E-state index in [2.05, 4.69) is 0 Å². The third kappa shape index (κ3) is 4.00. The van der Waals surface area contributed by atoms with Gasteiger partial charge in [0.2, 0.25) is 5.91 Å². The number of hydrogen-bond donors (Lipinski definition) is 2. The molecule has 0 unspecified atom stereocenters. The summed E-state index contributed by atoms with van der Waals surface area (Å²) in [5.41, 5.74) is 11.9. The Morgan fingerprint density at radius 1 is 1.38 bits per heavy atom. The molecule has 0 aliphatic rings. The molecule has 0 aliphatic carbocycles. The standard InChI is InChI=1S/C12H18N2O2/c1-12(2,14)8-16-7-9-5-3-4-6-10(9)11(13)15/h3-6H,7-8,14H2,1-2H3,(H2,13,15). The van der Waals surface area contributed by atoms with Crippen LogP contribution in [0.5, 0.6) is 0 Å². The molecular weight excluding hydrogens is 204 g/mol. The summed E-state index contributed by atoms with van der Waals surface area (Å²) in [5, 5.41) is 0. The summed E-state index contributed by atoms with van der Waals surface area (Å²) < 4.78 is 5.44. The normalized spacial score (nSPS) is 11.4. The molecule has 0 bridgehead atoms. The van der Waals surface area contributed by atoms with Crippen LogP contribution < -0.4 is 11.5 Å². The van der Waals surface area contributed by atoms with Crippen molar-refractivity contribution in [2.24, 2.45) is 11.5 Å². The molecule has 0 fully saturated rings. The lowest BCUT2D eigenvalue weighted by Crippen LogP contribution is -2.37. The van der Waals surface area contributed by atoms with Crippen molar-refractivity contribution in [3.63, 3.8) is 0 Å². The van der Waals surface area contributed by atoms with Crippen LogP contribution in [0.3, 0.4) is 0 Å². The smallest absolute Gasteiger partial charge is 0.249 e. The largest absolute Gasteiger partial charge is 0.375 e. The quantitative estimate of drug-likeness (QED) is 0.781. The van der Waals surface area contributed by atoms with Crippen molar-refractivity contribution < 1.29 is 9.53 Å². The Labute approximate surface area is 95.6 Å². The van der Waals surface area contributed by atoms with Crippen molar-refractivity contribution in [2.45, 2.75) is 26.0 Å². The minimum Gasteiger partial charge on any atom is -0.375 e. The average Bonchev–Trinajstić information content (AvgIpc) is 2.16. The van der Waals surface area contributed by atoms with Crippen molar-refractivity contribution in [1.82, 2.24) is 0 Å². The van der Waals surface area contributed by atoms with Crippen LogP contribution in [-0.4, -0.2) is 18.1 Å². The molecule has 1 aromatic rings. The Morgan fingerprint density at radius 2 is 2.00 bits per heavy atom. The maximum absolute atomic E-state index is 11.1. The van der Waals surface area contributed by atoms with Gasteiger partial charge in [-0.05, 0) is 25.5 Å². The Morgan fingerprint density at radius 3 is 2.56 bits per heavy atom. The molecule has 0 radical (unpaired) electrons. The maximum atomic E-state index is 11.1. The minimum absolute atomic E-state index is 0.347. The van der Waals surface area contributed by atoms with Gasteiger partial charge >= 0.3 is 0 Å². The SMILES string of the molecule is CC(C)(N)COCc1ccccc1C(N)=O. The summed E-state index contributed by atoms with van der Waals surface area (Å²) in [4.78, 5) is 11.1. The van der Waals surface area contributed by atoms with Gasteiger partial charge in [0.05, 0.1) is 13.2 Å². The van der Waals surface area contributed by atoms with Crippen LogP contribution in [0.4, 0.5) is 0 Å². The van der Waals surface area contributed by atoms with E-state index >= 15 is 0 Å². The Bertz CT molecular complexity index is 370. The summed E-state index contributed by atoms with van der Waals surface area (Å²) in [6, 6.07) is 7.13. The van der Waals surface area contributed by atoms with Gasteiger partial charge in [0.25, 0.3) is 0 Å². The zero-order chi connectivity index (χ0) is 12.2. The van der Waals surface area contributed by atoms with Gasteiger partial charge < -0.3 is 16.2 Å². The predicted molar refractivity (Wildman–Crippen MR) is 62.9 cm³/mol. The molecule has 4 N–H and O–H groups in total. The second-order valence-corrected chi connectivity index (χ2v) is 4.50. The number of rotatable bonds is 5. The van der Waals surface area contributed by atoms with Crippen molar-refractivity contribution in [2.75, 3.05) is 6.61 Å². The third-order valence-corrected chi connectivity index (χ3v) is 2.01. The van der Waals surface area contributed by atoms with Crippen molar-refractivity contribution in [3.8, 4) is 0 Å². The molecule has 4 heteroatoms. The van der Waals surface area contributed by atoms with Crippen molar-refractivity contribution >= 4 is 5.91 Å². The number of primary amides is 1. The van der Waals surface area contributed by atoms with Crippen LogP contribution in [0.25, 0.3) is 0 Å². The first-order valence-corrected chi connectivity index (χ1v) is 5.14. The lowest BCUT2D eigenvalue weighted by molar-refractivity contribution is 0.0834. The molecular formula is C12H18N2O2. The van der Waals surface area contributed by atoms with Crippen LogP contribution in [0, 0.1) is 0 Å². The number of benzene rings is 1. The van der Waals surface area contributed by atoms with Crippen LogP contribution >= 0.6 is 0 Å². The number of hydrogen-bond acceptors (Lipinski definition) is 3. The van der Waals surface area contributed by atoms with Gasteiger partial charge in [-0.25, -0.2) is 0 Å². The van der Waals surface area contributed by atoms with Gasteiger partial charge in [-0.1, -0.05) is 18.2 Å².